The lowest BCUT2D eigenvalue weighted by Gasteiger charge is -2.26. The highest BCUT2D eigenvalue weighted by Crippen LogP contribution is 2.48. The SMILES string of the molecule is O=C(C1C[C@@H]1c1ccccc1)N1CCCCO1. The molecule has 0 radical (unpaired) electrons. The van der Waals surface area contributed by atoms with Crippen molar-refractivity contribution in [2.75, 3.05) is 13.2 Å². The third-order valence-electron chi connectivity index (χ3n) is 3.58. The molecule has 3 heteroatoms. The second-order valence-electron chi connectivity index (χ2n) is 4.84. The van der Waals surface area contributed by atoms with Crippen LogP contribution < -0.4 is 0 Å². The molecule has 0 spiro atoms. The van der Waals surface area contributed by atoms with E-state index in [2.05, 4.69) is 12.1 Å². The quantitative estimate of drug-likeness (QED) is 0.782. The van der Waals surface area contributed by atoms with Gasteiger partial charge in [-0.1, -0.05) is 30.3 Å². The van der Waals surface area contributed by atoms with Gasteiger partial charge in [0.1, 0.15) is 0 Å². The predicted molar refractivity (Wildman–Crippen MR) is 64.2 cm³/mol. The van der Waals surface area contributed by atoms with Crippen LogP contribution in [0.5, 0.6) is 0 Å². The van der Waals surface area contributed by atoms with Gasteiger partial charge in [-0.05, 0) is 30.7 Å². The molecule has 3 nitrogen and oxygen atoms in total. The molecule has 90 valence electrons. The summed E-state index contributed by atoms with van der Waals surface area (Å²) in [7, 11) is 0. The third-order valence-corrected chi connectivity index (χ3v) is 3.58. The van der Waals surface area contributed by atoms with Crippen LogP contribution in [0.3, 0.4) is 0 Å². The van der Waals surface area contributed by atoms with Crippen LogP contribution in [-0.4, -0.2) is 24.1 Å². The monoisotopic (exact) mass is 231 g/mol. The highest BCUT2D eigenvalue weighted by Gasteiger charge is 2.46. The van der Waals surface area contributed by atoms with Crippen LogP contribution in [0.15, 0.2) is 30.3 Å². The van der Waals surface area contributed by atoms with E-state index in [0.717, 1.165) is 25.8 Å². The number of hydroxylamine groups is 2. The van der Waals surface area contributed by atoms with Crippen molar-refractivity contribution in [3.63, 3.8) is 0 Å². The molecule has 1 aliphatic carbocycles. The van der Waals surface area contributed by atoms with Crippen molar-refractivity contribution < 1.29 is 9.63 Å². The minimum atomic E-state index is 0.149. The Labute approximate surface area is 101 Å². The van der Waals surface area contributed by atoms with Gasteiger partial charge < -0.3 is 0 Å². The first-order chi connectivity index (χ1) is 8.36. The van der Waals surface area contributed by atoms with Gasteiger partial charge in [-0.2, -0.15) is 0 Å². The minimum absolute atomic E-state index is 0.149. The van der Waals surface area contributed by atoms with Crippen LogP contribution in [-0.2, 0) is 9.63 Å². The first-order valence-electron chi connectivity index (χ1n) is 6.35. The number of hydrogen-bond donors (Lipinski definition) is 0. The van der Waals surface area contributed by atoms with Crippen LogP contribution in [0.4, 0.5) is 0 Å². The molecule has 1 aromatic rings. The maximum atomic E-state index is 12.1. The number of carbonyl (C=O) groups excluding carboxylic acids is 1. The lowest BCUT2D eigenvalue weighted by molar-refractivity contribution is -0.198. The molecule has 1 heterocycles. The van der Waals surface area contributed by atoms with E-state index in [-0.39, 0.29) is 11.8 Å². The molecular weight excluding hydrogens is 214 g/mol. The zero-order valence-electron chi connectivity index (χ0n) is 9.84. The summed E-state index contributed by atoms with van der Waals surface area (Å²) >= 11 is 0. The molecule has 17 heavy (non-hydrogen) atoms. The van der Waals surface area contributed by atoms with Gasteiger partial charge >= 0.3 is 0 Å². The molecule has 0 N–H and O–H groups in total. The van der Waals surface area contributed by atoms with Crippen LogP contribution in [0, 0.1) is 5.92 Å². The van der Waals surface area contributed by atoms with E-state index in [9.17, 15) is 4.79 Å². The summed E-state index contributed by atoms with van der Waals surface area (Å²) < 4.78 is 0. The summed E-state index contributed by atoms with van der Waals surface area (Å²) in [6.07, 6.45) is 3.10. The van der Waals surface area contributed by atoms with E-state index in [1.54, 1.807) is 5.06 Å². The van der Waals surface area contributed by atoms with E-state index < -0.39 is 0 Å². The zero-order chi connectivity index (χ0) is 11.7. The van der Waals surface area contributed by atoms with Crippen LogP contribution in [0.2, 0.25) is 0 Å². The Morgan fingerprint density at radius 1 is 1.24 bits per heavy atom. The second kappa shape index (κ2) is 4.49. The largest absolute Gasteiger partial charge is 0.272 e. The summed E-state index contributed by atoms with van der Waals surface area (Å²) in [4.78, 5) is 17.6. The van der Waals surface area contributed by atoms with Gasteiger partial charge in [0.2, 0.25) is 5.91 Å². The Kier molecular flexibility index (Phi) is 2.85. The number of hydrogen-bond acceptors (Lipinski definition) is 2. The molecule has 1 unspecified atom stereocenters. The third kappa shape index (κ3) is 2.20. The van der Waals surface area contributed by atoms with Crippen molar-refractivity contribution in [2.45, 2.75) is 25.2 Å². The topological polar surface area (TPSA) is 29.5 Å². The van der Waals surface area contributed by atoms with Gasteiger partial charge in [0.05, 0.1) is 6.61 Å². The van der Waals surface area contributed by atoms with Crippen molar-refractivity contribution in [3.8, 4) is 0 Å². The summed E-state index contributed by atoms with van der Waals surface area (Å²) in [5, 5.41) is 1.58. The average molecular weight is 231 g/mol. The number of benzene rings is 1. The van der Waals surface area contributed by atoms with Gasteiger partial charge in [0.15, 0.2) is 0 Å². The van der Waals surface area contributed by atoms with Crippen molar-refractivity contribution >= 4 is 5.91 Å². The molecular formula is C14H17NO2. The fraction of sp³-hybridized carbons (Fsp3) is 0.500. The Morgan fingerprint density at radius 3 is 2.76 bits per heavy atom. The Hall–Kier alpha value is -1.35. The Bertz CT molecular complexity index is 398. The smallest absolute Gasteiger partial charge is 0.249 e. The van der Waals surface area contributed by atoms with Crippen molar-refractivity contribution in [3.05, 3.63) is 35.9 Å². The molecule has 1 aliphatic heterocycles. The molecule has 2 aliphatic rings. The lowest BCUT2D eigenvalue weighted by atomic mass is 10.1. The first-order valence-corrected chi connectivity index (χ1v) is 6.35. The molecule has 2 fully saturated rings. The maximum absolute atomic E-state index is 12.1. The zero-order valence-corrected chi connectivity index (χ0v) is 9.84. The van der Waals surface area contributed by atoms with Gasteiger partial charge in [-0.25, -0.2) is 5.06 Å². The van der Waals surface area contributed by atoms with Gasteiger partial charge in [-0.3, -0.25) is 9.63 Å². The normalized spacial score (nSPS) is 27.9. The number of carbonyl (C=O) groups is 1. The molecule has 2 atom stereocenters. The van der Waals surface area contributed by atoms with E-state index in [1.807, 2.05) is 18.2 Å². The maximum Gasteiger partial charge on any atom is 0.249 e. The standard InChI is InChI=1S/C14H17NO2/c16-14(15-8-4-5-9-17-15)13-10-12(13)11-6-2-1-3-7-11/h1-3,6-7,12-13H,4-5,8-10H2/t12-,13?/m1/s1. The van der Waals surface area contributed by atoms with Crippen molar-refractivity contribution in [1.82, 2.24) is 5.06 Å². The summed E-state index contributed by atoms with van der Waals surface area (Å²) in [6.45, 7) is 1.45. The van der Waals surface area contributed by atoms with Crippen LogP contribution in [0.25, 0.3) is 0 Å². The molecule has 0 aromatic heterocycles. The number of nitrogens with zero attached hydrogens (tertiary/aromatic N) is 1. The predicted octanol–water partition coefficient (Wildman–Crippen LogP) is 2.34. The Morgan fingerprint density at radius 2 is 2.06 bits per heavy atom. The fourth-order valence-electron chi connectivity index (χ4n) is 2.49. The van der Waals surface area contributed by atoms with Gasteiger partial charge in [-0.15, -0.1) is 0 Å². The lowest BCUT2D eigenvalue weighted by Crippen LogP contribution is -2.36. The minimum Gasteiger partial charge on any atom is -0.272 e. The van der Waals surface area contributed by atoms with Crippen LogP contribution >= 0.6 is 0 Å². The molecule has 3 rings (SSSR count). The molecule has 1 aromatic carbocycles. The van der Waals surface area contributed by atoms with Crippen molar-refractivity contribution in [2.24, 2.45) is 5.92 Å². The average Bonchev–Trinajstić information content (AvgIpc) is 3.20. The second-order valence-corrected chi connectivity index (χ2v) is 4.84. The van der Waals surface area contributed by atoms with Crippen molar-refractivity contribution in [1.29, 1.82) is 0 Å². The van der Waals surface area contributed by atoms with E-state index in [1.165, 1.54) is 5.56 Å². The van der Waals surface area contributed by atoms with Gasteiger partial charge in [0, 0.05) is 12.5 Å². The molecule has 0 bridgehead atoms. The van der Waals surface area contributed by atoms with E-state index in [4.69, 9.17) is 4.84 Å². The summed E-state index contributed by atoms with van der Waals surface area (Å²) in [5.74, 6) is 0.739. The highest BCUT2D eigenvalue weighted by atomic mass is 16.7. The molecule has 1 saturated heterocycles. The number of rotatable bonds is 2. The summed E-state index contributed by atoms with van der Waals surface area (Å²) in [6, 6.07) is 10.3. The molecule has 1 amide bonds. The Balaban J connectivity index is 1.62. The number of amides is 1. The highest BCUT2D eigenvalue weighted by molar-refractivity contribution is 5.82. The fourth-order valence-corrected chi connectivity index (χ4v) is 2.49. The van der Waals surface area contributed by atoms with Gasteiger partial charge in [0.25, 0.3) is 0 Å². The molecule has 1 saturated carbocycles. The summed E-state index contributed by atoms with van der Waals surface area (Å²) in [5.41, 5.74) is 1.28. The first kappa shape index (κ1) is 10.8. The van der Waals surface area contributed by atoms with Crippen LogP contribution in [0.1, 0.15) is 30.7 Å². The van der Waals surface area contributed by atoms with E-state index in [0.29, 0.717) is 12.5 Å². The van der Waals surface area contributed by atoms with E-state index >= 15 is 0 Å².